The van der Waals surface area contributed by atoms with Crippen LogP contribution in [0.1, 0.15) is 32.8 Å². The second-order valence-corrected chi connectivity index (χ2v) is 7.77. The molecule has 1 aliphatic heterocycles. The Bertz CT molecular complexity index is 618. The van der Waals surface area contributed by atoms with Crippen molar-refractivity contribution in [2.45, 2.75) is 32.6 Å². The Morgan fingerprint density at radius 3 is 2.71 bits per heavy atom. The fourth-order valence-electron chi connectivity index (χ4n) is 3.12. The molecule has 1 aliphatic rings. The summed E-state index contributed by atoms with van der Waals surface area (Å²) in [5, 5.41) is 12.8. The Morgan fingerprint density at radius 1 is 1.38 bits per heavy atom. The summed E-state index contributed by atoms with van der Waals surface area (Å²) in [5.74, 6) is -1.13. The second kappa shape index (κ2) is 7.43. The molecule has 132 valence electrons. The maximum Gasteiger partial charge on any atom is 0.317 e. The van der Waals surface area contributed by atoms with Gasteiger partial charge in [0.05, 0.1) is 5.92 Å². The van der Waals surface area contributed by atoms with E-state index < -0.39 is 11.9 Å². The fourth-order valence-corrected chi connectivity index (χ4v) is 3.31. The van der Waals surface area contributed by atoms with Crippen molar-refractivity contribution in [3.63, 3.8) is 0 Å². The lowest BCUT2D eigenvalue weighted by atomic mass is 9.84. The van der Waals surface area contributed by atoms with Crippen molar-refractivity contribution in [1.29, 1.82) is 0 Å². The van der Waals surface area contributed by atoms with Crippen LogP contribution in [0.5, 0.6) is 0 Å². The van der Waals surface area contributed by atoms with E-state index in [0.29, 0.717) is 24.5 Å². The van der Waals surface area contributed by atoms with Gasteiger partial charge in [0.15, 0.2) is 0 Å². The zero-order valence-electron chi connectivity index (χ0n) is 14.4. The summed E-state index contributed by atoms with van der Waals surface area (Å²) in [6.45, 7) is 7.37. The van der Waals surface area contributed by atoms with Crippen LogP contribution in [-0.2, 0) is 10.2 Å². The number of hydrogen-bond acceptors (Lipinski definition) is 2. The van der Waals surface area contributed by atoms with E-state index in [4.69, 9.17) is 11.6 Å². The number of nitrogens with one attached hydrogen (secondary N) is 1. The minimum Gasteiger partial charge on any atom is -0.481 e. The summed E-state index contributed by atoms with van der Waals surface area (Å²) in [6, 6.07) is 7.40. The van der Waals surface area contributed by atoms with Crippen LogP contribution in [0.15, 0.2) is 24.3 Å². The molecule has 1 aromatic rings. The summed E-state index contributed by atoms with van der Waals surface area (Å²) in [6.07, 6.45) is 0.618. The number of carboxylic acids is 1. The van der Waals surface area contributed by atoms with Crippen LogP contribution in [0.25, 0.3) is 0 Å². The number of aliphatic carboxylic acids is 1. The third kappa shape index (κ3) is 4.63. The normalized spacial score (nSPS) is 21.4. The van der Waals surface area contributed by atoms with E-state index >= 15 is 0 Å². The van der Waals surface area contributed by atoms with Gasteiger partial charge in [-0.15, -0.1) is 0 Å². The molecule has 1 fully saturated rings. The molecule has 0 aliphatic carbocycles. The minimum absolute atomic E-state index is 0.187. The van der Waals surface area contributed by atoms with E-state index in [1.165, 1.54) is 0 Å². The van der Waals surface area contributed by atoms with E-state index in [2.05, 4.69) is 5.32 Å². The Kier molecular flexibility index (Phi) is 5.75. The highest BCUT2D eigenvalue weighted by atomic mass is 35.5. The minimum atomic E-state index is -0.835. The molecule has 0 saturated carbocycles. The molecule has 5 nitrogen and oxygen atoms in total. The third-order valence-electron chi connectivity index (χ3n) is 4.58. The number of urea groups is 1. The van der Waals surface area contributed by atoms with Gasteiger partial charge in [0.25, 0.3) is 0 Å². The monoisotopic (exact) mass is 352 g/mol. The summed E-state index contributed by atoms with van der Waals surface area (Å²) >= 11 is 6.05. The van der Waals surface area contributed by atoms with Gasteiger partial charge in [0.2, 0.25) is 0 Å². The maximum atomic E-state index is 12.5. The fraction of sp³-hybridized carbons (Fsp3) is 0.556. The summed E-state index contributed by atoms with van der Waals surface area (Å²) in [5.41, 5.74) is 0.777. The predicted octanol–water partition coefficient (Wildman–Crippen LogP) is 3.37. The standard InChI is InChI=1S/C18H25ClN2O3/c1-12-7-13(16(22)23)10-21(9-12)17(24)20-11-18(2,3)14-5-4-6-15(19)8-14/h4-6,8,12-13H,7,9-11H2,1-3H3,(H,20,24)(H,22,23). The van der Waals surface area contributed by atoms with E-state index in [0.717, 1.165) is 5.56 Å². The second-order valence-electron chi connectivity index (χ2n) is 7.33. The molecule has 0 bridgehead atoms. The predicted molar refractivity (Wildman–Crippen MR) is 94.4 cm³/mol. The molecule has 6 heteroatoms. The van der Waals surface area contributed by atoms with Crippen LogP contribution in [0.4, 0.5) is 4.79 Å². The van der Waals surface area contributed by atoms with Crippen LogP contribution in [0.3, 0.4) is 0 Å². The molecule has 2 amide bonds. The first-order chi connectivity index (χ1) is 11.2. The van der Waals surface area contributed by atoms with Crippen LogP contribution in [0, 0.1) is 11.8 Å². The first-order valence-electron chi connectivity index (χ1n) is 8.20. The van der Waals surface area contributed by atoms with Crippen molar-refractivity contribution in [3.05, 3.63) is 34.9 Å². The number of benzene rings is 1. The van der Waals surface area contributed by atoms with Gasteiger partial charge in [-0.05, 0) is 30.0 Å². The number of likely N-dealkylation sites (tertiary alicyclic amines) is 1. The first-order valence-corrected chi connectivity index (χ1v) is 8.58. The SMILES string of the molecule is CC1CC(C(=O)O)CN(C(=O)NCC(C)(C)c2cccc(Cl)c2)C1. The van der Waals surface area contributed by atoms with E-state index in [1.807, 2.05) is 45.0 Å². The summed E-state index contributed by atoms with van der Waals surface area (Å²) in [4.78, 5) is 25.3. The zero-order chi connectivity index (χ0) is 17.9. The number of piperidine rings is 1. The Hall–Kier alpha value is -1.75. The molecule has 0 radical (unpaired) electrons. The number of nitrogens with zero attached hydrogens (tertiary/aromatic N) is 1. The number of carboxylic acid groups (broad SMARTS) is 1. The van der Waals surface area contributed by atoms with E-state index in [9.17, 15) is 14.7 Å². The van der Waals surface area contributed by atoms with Crippen LogP contribution < -0.4 is 5.32 Å². The Balaban J connectivity index is 1.98. The number of amides is 2. The molecule has 0 spiro atoms. The van der Waals surface area contributed by atoms with Crippen molar-refractivity contribution in [2.24, 2.45) is 11.8 Å². The Labute approximate surface area is 148 Å². The smallest absolute Gasteiger partial charge is 0.317 e. The van der Waals surface area contributed by atoms with Crippen molar-refractivity contribution in [3.8, 4) is 0 Å². The summed E-state index contributed by atoms with van der Waals surface area (Å²) < 4.78 is 0. The highest BCUT2D eigenvalue weighted by molar-refractivity contribution is 6.30. The highest BCUT2D eigenvalue weighted by Crippen LogP contribution is 2.25. The molecule has 2 N–H and O–H groups in total. The van der Waals surface area contributed by atoms with E-state index in [-0.39, 0.29) is 23.9 Å². The van der Waals surface area contributed by atoms with Crippen LogP contribution in [-0.4, -0.2) is 41.6 Å². The van der Waals surface area contributed by atoms with Gasteiger partial charge >= 0.3 is 12.0 Å². The Morgan fingerprint density at radius 2 is 2.08 bits per heavy atom. The molecular weight excluding hydrogens is 328 g/mol. The molecule has 1 aromatic carbocycles. The molecule has 2 rings (SSSR count). The largest absolute Gasteiger partial charge is 0.481 e. The lowest BCUT2D eigenvalue weighted by molar-refractivity contribution is -0.143. The van der Waals surface area contributed by atoms with Gasteiger partial charge in [-0.3, -0.25) is 4.79 Å². The molecular formula is C18H25ClN2O3. The average molecular weight is 353 g/mol. The van der Waals surface area contributed by atoms with Crippen molar-refractivity contribution >= 4 is 23.6 Å². The number of hydrogen-bond donors (Lipinski definition) is 2. The number of rotatable bonds is 4. The number of carbonyl (C=O) groups excluding carboxylic acids is 1. The van der Waals surface area contributed by atoms with Gasteiger partial charge in [-0.2, -0.15) is 0 Å². The van der Waals surface area contributed by atoms with E-state index in [1.54, 1.807) is 4.90 Å². The van der Waals surface area contributed by atoms with Crippen LogP contribution in [0.2, 0.25) is 5.02 Å². The molecule has 1 saturated heterocycles. The lowest BCUT2D eigenvalue weighted by Gasteiger charge is -2.35. The molecule has 2 atom stereocenters. The number of halogens is 1. The van der Waals surface area contributed by atoms with Gasteiger partial charge in [-0.25, -0.2) is 4.79 Å². The zero-order valence-corrected chi connectivity index (χ0v) is 15.1. The van der Waals surface area contributed by atoms with Gasteiger partial charge in [0, 0.05) is 30.1 Å². The quantitative estimate of drug-likeness (QED) is 0.872. The molecule has 24 heavy (non-hydrogen) atoms. The number of carbonyl (C=O) groups is 2. The molecule has 1 heterocycles. The van der Waals surface area contributed by atoms with Crippen LogP contribution >= 0.6 is 11.6 Å². The third-order valence-corrected chi connectivity index (χ3v) is 4.82. The maximum absolute atomic E-state index is 12.5. The summed E-state index contributed by atoms with van der Waals surface area (Å²) in [7, 11) is 0. The highest BCUT2D eigenvalue weighted by Gasteiger charge is 2.32. The average Bonchev–Trinajstić information content (AvgIpc) is 2.52. The molecule has 0 aromatic heterocycles. The van der Waals surface area contributed by atoms with Gasteiger partial charge in [-0.1, -0.05) is 44.5 Å². The van der Waals surface area contributed by atoms with Crippen molar-refractivity contribution in [2.75, 3.05) is 19.6 Å². The first kappa shape index (κ1) is 18.6. The topological polar surface area (TPSA) is 69.6 Å². The molecule has 2 unspecified atom stereocenters. The van der Waals surface area contributed by atoms with Crippen molar-refractivity contribution in [1.82, 2.24) is 10.2 Å². The van der Waals surface area contributed by atoms with Gasteiger partial charge in [0.1, 0.15) is 0 Å². The lowest BCUT2D eigenvalue weighted by Crippen LogP contribution is -2.51. The van der Waals surface area contributed by atoms with Crippen molar-refractivity contribution < 1.29 is 14.7 Å². The van der Waals surface area contributed by atoms with Gasteiger partial charge < -0.3 is 15.3 Å².